The van der Waals surface area contributed by atoms with E-state index in [1.165, 1.54) is 0 Å². The van der Waals surface area contributed by atoms with E-state index in [0.29, 0.717) is 17.6 Å². The lowest BCUT2D eigenvalue weighted by Gasteiger charge is -2.16. The highest BCUT2D eigenvalue weighted by Gasteiger charge is 2.09. The quantitative estimate of drug-likeness (QED) is 0.832. The van der Waals surface area contributed by atoms with Crippen LogP contribution < -0.4 is 10.5 Å². The Balaban J connectivity index is 2.69. The largest absolute Gasteiger partial charge is 0.474 e. The molecular weight excluding hydrogens is 202 g/mol. The van der Waals surface area contributed by atoms with Crippen molar-refractivity contribution in [2.45, 2.75) is 46.6 Å². The molecule has 0 saturated carbocycles. The van der Waals surface area contributed by atoms with Crippen molar-refractivity contribution in [3.8, 4) is 5.88 Å². The number of rotatable bonds is 5. The number of hydrogen-bond donors (Lipinski definition) is 1. The Hall–Kier alpha value is -1.32. The molecule has 16 heavy (non-hydrogen) atoms. The molecule has 0 amide bonds. The van der Waals surface area contributed by atoms with Crippen molar-refractivity contribution < 1.29 is 4.74 Å². The lowest BCUT2D eigenvalue weighted by Crippen LogP contribution is -2.16. The highest BCUT2D eigenvalue weighted by molar-refractivity contribution is 5.32. The molecule has 4 heteroatoms. The van der Waals surface area contributed by atoms with Crippen LogP contribution in [0.15, 0.2) is 6.07 Å². The van der Waals surface area contributed by atoms with Crippen LogP contribution >= 0.6 is 0 Å². The Morgan fingerprint density at radius 1 is 1.31 bits per heavy atom. The Morgan fingerprint density at radius 2 is 2.00 bits per heavy atom. The molecule has 2 N–H and O–H groups in total. The zero-order chi connectivity index (χ0) is 12.1. The molecule has 0 bridgehead atoms. The second-order valence-corrected chi connectivity index (χ2v) is 4.46. The fourth-order valence-corrected chi connectivity index (χ4v) is 1.63. The highest BCUT2D eigenvalue weighted by atomic mass is 16.5. The monoisotopic (exact) mass is 223 g/mol. The third-order valence-electron chi connectivity index (χ3n) is 2.21. The van der Waals surface area contributed by atoms with Crippen LogP contribution in [0.4, 0.5) is 5.82 Å². The maximum Gasteiger partial charge on any atom is 0.218 e. The van der Waals surface area contributed by atoms with E-state index in [-0.39, 0.29) is 6.10 Å². The lowest BCUT2D eigenvalue weighted by atomic mass is 10.1. The van der Waals surface area contributed by atoms with Gasteiger partial charge in [0.15, 0.2) is 0 Å². The van der Waals surface area contributed by atoms with Crippen LogP contribution in [-0.4, -0.2) is 16.1 Å². The van der Waals surface area contributed by atoms with Crippen molar-refractivity contribution in [1.29, 1.82) is 0 Å². The van der Waals surface area contributed by atoms with E-state index in [2.05, 4.69) is 23.8 Å². The lowest BCUT2D eigenvalue weighted by molar-refractivity contribution is 0.185. The molecule has 0 aromatic carbocycles. The molecule has 4 nitrogen and oxygen atoms in total. The summed E-state index contributed by atoms with van der Waals surface area (Å²) in [5.41, 5.74) is 5.68. The first kappa shape index (κ1) is 12.7. The van der Waals surface area contributed by atoms with Gasteiger partial charge < -0.3 is 10.5 Å². The van der Waals surface area contributed by atoms with Gasteiger partial charge in [0, 0.05) is 12.5 Å². The molecule has 0 aliphatic rings. The Bertz CT molecular complexity index is 339. The molecule has 1 atom stereocenters. The number of aromatic nitrogens is 2. The van der Waals surface area contributed by atoms with Gasteiger partial charge in [0.05, 0.1) is 6.10 Å². The first-order valence-corrected chi connectivity index (χ1v) is 5.81. The molecule has 1 aromatic heterocycles. The Kier molecular flexibility index (Phi) is 4.52. The molecule has 1 rings (SSSR count). The van der Waals surface area contributed by atoms with Gasteiger partial charge in [0.1, 0.15) is 11.6 Å². The number of hydrogen-bond acceptors (Lipinski definition) is 4. The van der Waals surface area contributed by atoms with Gasteiger partial charge >= 0.3 is 0 Å². The second kappa shape index (κ2) is 5.68. The fraction of sp³-hybridized carbons (Fsp3) is 0.667. The first-order valence-electron chi connectivity index (χ1n) is 5.81. The molecule has 1 aromatic rings. The van der Waals surface area contributed by atoms with Crippen LogP contribution in [0.2, 0.25) is 0 Å². The summed E-state index contributed by atoms with van der Waals surface area (Å²) >= 11 is 0. The van der Waals surface area contributed by atoms with E-state index >= 15 is 0 Å². The Labute approximate surface area is 97.2 Å². The number of anilines is 1. The average Bonchev–Trinajstić information content (AvgIpc) is 2.14. The molecule has 0 fully saturated rings. The van der Waals surface area contributed by atoms with Crippen molar-refractivity contribution in [3.63, 3.8) is 0 Å². The molecule has 0 spiro atoms. The third kappa shape index (κ3) is 4.04. The van der Waals surface area contributed by atoms with Crippen LogP contribution in [-0.2, 0) is 6.42 Å². The smallest absolute Gasteiger partial charge is 0.218 e. The zero-order valence-corrected chi connectivity index (χ0v) is 10.5. The molecule has 0 aliphatic carbocycles. The first-order chi connectivity index (χ1) is 7.51. The minimum Gasteiger partial charge on any atom is -0.474 e. The second-order valence-electron chi connectivity index (χ2n) is 4.46. The predicted octanol–water partition coefficient (Wildman–Crippen LogP) is 2.43. The topological polar surface area (TPSA) is 61.0 Å². The fourth-order valence-electron chi connectivity index (χ4n) is 1.63. The van der Waals surface area contributed by atoms with E-state index < -0.39 is 0 Å². The zero-order valence-electron chi connectivity index (χ0n) is 10.5. The summed E-state index contributed by atoms with van der Waals surface area (Å²) in [4.78, 5) is 8.39. The SMILES string of the molecule is CCc1nc(N)cc(OC(C)CC(C)C)n1. The van der Waals surface area contributed by atoms with Crippen LogP contribution in [0, 0.1) is 5.92 Å². The van der Waals surface area contributed by atoms with Gasteiger partial charge in [-0.25, -0.2) is 4.98 Å². The highest BCUT2D eigenvalue weighted by Crippen LogP contribution is 2.15. The number of nitrogens with two attached hydrogens (primary N) is 1. The van der Waals surface area contributed by atoms with Gasteiger partial charge in [0.2, 0.25) is 5.88 Å². The minimum atomic E-state index is 0.152. The van der Waals surface area contributed by atoms with Crippen molar-refractivity contribution in [3.05, 3.63) is 11.9 Å². The van der Waals surface area contributed by atoms with Crippen LogP contribution in [0.5, 0.6) is 5.88 Å². The predicted molar refractivity (Wildman–Crippen MR) is 65.4 cm³/mol. The van der Waals surface area contributed by atoms with Gasteiger partial charge in [-0.1, -0.05) is 20.8 Å². The molecule has 1 heterocycles. The minimum absolute atomic E-state index is 0.152. The van der Waals surface area contributed by atoms with Gasteiger partial charge in [0.25, 0.3) is 0 Å². The van der Waals surface area contributed by atoms with Crippen molar-refractivity contribution in [2.75, 3.05) is 5.73 Å². The molecule has 0 radical (unpaired) electrons. The van der Waals surface area contributed by atoms with Gasteiger partial charge in [-0.3, -0.25) is 0 Å². The van der Waals surface area contributed by atoms with E-state index in [9.17, 15) is 0 Å². The van der Waals surface area contributed by atoms with Crippen LogP contribution in [0.1, 0.15) is 39.9 Å². The number of ether oxygens (including phenoxy) is 1. The molecule has 1 unspecified atom stereocenters. The summed E-state index contributed by atoms with van der Waals surface area (Å²) in [6.07, 6.45) is 1.92. The maximum absolute atomic E-state index is 5.72. The van der Waals surface area contributed by atoms with E-state index in [1.54, 1.807) is 6.07 Å². The van der Waals surface area contributed by atoms with E-state index in [0.717, 1.165) is 18.7 Å². The van der Waals surface area contributed by atoms with Gasteiger partial charge in [-0.05, 0) is 19.3 Å². The molecule has 0 aliphatic heterocycles. The van der Waals surface area contributed by atoms with Gasteiger partial charge in [-0.2, -0.15) is 4.98 Å². The van der Waals surface area contributed by atoms with E-state index in [4.69, 9.17) is 10.5 Å². The van der Waals surface area contributed by atoms with Crippen LogP contribution in [0.25, 0.3) is 0 Å². The summed E-state index contributed by atoms with van der Waals surface area (Å²) in [7, 11) is 0. The van der Waals surface area contributed by atoms with E-state index in [1.807, 2.05) is 13.8 Å². The standard InChI is InChI=1S/C12H21N3O/c1-5-11-14-10(13)7-12(15-11)16-9(4)6-8(2)3/h7-9H,5-6H2,1-4H3,(H2,13,14,15). The normalized spacial score (nSPS) is 12.8. The third-order valence-corrected chi connectivity index (χ3v) is 2.21. The maximum atomic E-state index is 5.72. The molecular formula is C12H21N3O. The molecule has 0 saturated heterocycles. The van der Waals surface area contributed by atoms with Gasteiger partial charge in [-0.15, -0.1) is 0 Å². The summed E-state index contributed by atoms with van der Waals surface area (Å²) in [6, 6.07) is 1.68. The summed E-state index contributed by atoms with van der Waals surface area (Å²) in [5.74, 6) is 2.39. The summed E-state index contributed by atoms with van der Waals surface area (Å²) in [5, 5.41) is 0. The summed E-state index contributed by atoms with van der Waals surface area (Å²) < 4.78 is 5.72. The Morgan fingerprint density at radius 3 is 2.56 bits per heavy atom. The van der Waals surface area contributed by atoms with Crippen molar-refractivity contribution in [1.82, 2.24) is 9.97 Å². The summed E-state index contributed by atoms with van der Waals surface area (Å²) in [6.45, 7) is 8.39. The number of nitrogen functional groups attached to an aromatic ring is 1. The van der Waals surface area contributed by atoms with Crippen LogP contribution in [0.3, 0.4) is 0 Å². The van der Waals surface area contributed by atoms with Crippen molar-refractivity contribution in [2.24, 2.45) is 5.92 Å². The number of aryl methyl sites for hydroxylation is 1. The number of nitrogens with zero attached hydrogens (tertiary/aromatic N) is 2. The average molecular weight is 223 g/mol. The molecule has 90 valence electrons. The van der Waals surface area contributed by atoms with Crippen molar-refractivity contribution >= 4 is 5.82 Å².